The van der Waals surface area contributed by atoms with Crippen LogP contribution in [0, 0.1) is 0 Å². The number of hydrogen-bond donors (Lipinski definition) is 0. The van der Waals surface area contributed by atoms with Crippen molar-refractivity contribution in [3.8, 4) is 5.69 Å². The number of pyridine rings is 1. The third-order valence-corrected chi connectivity index (χ3v) is 3.47. The number of carbonyl (C=O) groups is 1. The van der Waals surface area contributed by atoms with Crippen molar-refractivity contribution in [1.82, 2.24) is 14.8 Å². The highest BCUT2D eigenvalue weighted by molar-refractivity contribution is 6.32. The number of rotatable bonds is 6. The highest BCUT2D eigenvalue weighted by Crippen LogP contribution is 2.26. The van der Waals surface area contributed by atoms with E-state index in [1.54, 1.807) is 35.1 Å². The molecule has 2 aromatic rings. The molecule has 0 saturated heterocycles. The summed E-state index contributed by atoms with van der Waals surface area (Å²) in [6.07, 6.45) is 4.55. The fourth-order valence-corrected chi connectivity index (χ4v) is 2.36. The van der Waals surface area contributed by atoms with Crippen molar-refractivity contribution >= 4 is 23.2 Å². The Morgan fingerprint density at radius 2 is 2.27 bits per heavy atom. The first-order valence-corrected chi connectivity index (χ1v) is 7.54. The number of amides is 1. The van der Waals surface area contributed by atoms with Crippen molar-refractivity contribution in [2.24, 2.45) is 0 Å². The standard InChI is InChI=1S/C15H19ClN4O2/c1-4-19(15(21)11(3)22-5-2)13-10-20(18-14(13)16)12-7-6-8-17-9-12/h6-11H,4-5H2,1-3H3. The van der Waals surface area contributed by atoms with Crippen molar-refractivity contribution in [2.45, 2.75) is 26.9 Å². The third kappa shape index (κ3) is 3.45. The fourth-order valence-electron chi connectivity index (χ4n) is 2.13. The van der Waals surface area contributed by atoms with Crippen LogP contribution in [-0.4, -0.2) is 39.9 Å². The van der Waals surface area contributed by atoms with E-state index in [0.717, 1.165) is 5.69 Å². The van der Waals surface area contributed by atoms with E-state index >= 15 is 0 Å². The predicted molar refractivity (Wildman–Crippen MR) is 85.5 cm³/mol. The number of nitrogens with zero attached hydrogens (tertiary/aromatic N) is 4. The van der Waals surface area contributed by atoms with E-state index in [1.165, 1.54) is 0 Å². The van der Waals surface area contributed by atoms with Gasteiger partial charge in [0.15, 0.2) is 5.15 Å². The molecule has 0 aromatic carbocycles. The zero-order valence-electron chi connectivity index (χ0n) is 12.9. The van der Waals surface area contributed by atoms with Gasteiger partial charge < -0.3 is 9.64 Å². The van der Waals surface area contributed by atoms with Crippen LogP contribution >= 0.6 is 11.6 Å². The van der Waals surface area contributed by atoms with Gasteiger partial charge in [0.25, 0.3) is 5.91 Å². The Kier molecular flexibility index (Phi) is 5.51. The molecule has 118 valence electrons. The summed E-state index contributed by atoms with van der Waals surface area (Å²) in [6, 6.07) is 3.67. The van der Waals surface area contributed by atoms with Gasteiger partial charge in [0.05, 0.1) is 18.1 Å². The first kappa shape index (κ1) is 16.5. The topological polar surface area (TPSA) is 60.2 Å². The van der Waals surface area contributed by atoms with Gasteiger partial charge in [0.2, 0.25) is 0 Å². The molecule has 6 nitrogen and oxygen atoms in total. The molecule has 1 amide bonds. The molecule has 0 aliphatic heterocycles. The summed E-state index contributed by atoms with van der Waals surface area (Å²) in [6.45, 7) is 6.43. The molecule has 2 aromatic heterocycles. The molecular formula is C15H19ClN4O2. The second kappa shape index (κ2) is 7.38. The van der Waals surface area contributed by atoms with Crippen molar-refractivity contribution in [3.63, 3.8) is 0 Å². The van der Waals surface area contributed by atoms with E-state index < -0.39 is 6.10 Å². The summed E-state index contributed by atoms with van der Waals surface area (Å²) in [7, 11) is 0. The second-order valence-corrected chi connectivity index (χ2v) is 5.00. The number of ether oxygens (including phenoxy) is 1. The van der Waals surface area contributed by atoms with Crippen molar-refractivity contribution in [3.05, 3.63) is 35.9 Å². The van der Waals surface area contributed by atoms with Gasteiger partial charge in [0, 0.05) is 19.3 Å². The summed E-state index contributed by atoms with van der Waals surface area (Å²) >= 11 is 6.21. The van der Waals surface area contributed by atoms with E-state index in [-0.39, 0.29) is 11.1 Å². The second-order valence-electron chi connectivity index (χ2n) is 4.64. The average Bonchev–Trinajstić information content (AvgIpc) is 2.91. The quantitative estimate of drug-likeness (QED) is 0.820. The molecule has 22 heavy (non-hydrogen) atoms. The molecule has 1 atom stereocenters. The summed E-state index contributed by atoms with van der Waals surface area (Å²) in [5, 5.41) is 4.51. The highest BCUT2D eigenvalue weighted by atomic mass is 35.5. The van der Waals surface area contributed by atoms with Crippen LogP contribution in [0.5, 0.6) is 0 Å². The predicted octanol–water partition coefficient (Wildman–Crippen LogP) is 2.70. The van der Waals surface area contributed by atoms with Crippen LogP contribution in [0.4, 0.5) is 5.69 Å². The lowest BCUT2D eigenvalue weighted by atomic mass is 10.3. The monoisotopic (exact) mass is 322 g/mol. The number of halogens is 1. The molecule has 2 rings (SSSR count). The normalized spacial score (nSPS) is 12.2. The first-order valence-electron chi connectivity index (χ1n) is 7.17. The highest BCUT2D eigenvalue weighted by Gasteiger charge is 2.24. The van der Waals surface area contributed by atoms with Gasteiger partial charge in [-0.15, -0.1) is 0 Å². The van der Waals surface area contributed by atoms with E-state index in [9.17, 15) is 4.79 Å². The van der Waals surface area contributed by atoms with Gasteiger partial charge in [-0.3, -0.25) is 9.78 Å². The Balaban J connectivity index is 2.31. The molecule has 2 heterocycles. The Morgan fingerprint density at radius 1 is 1.50 bits per heavy atom. The van der Waals surface area contributed by atoms with Crippen molar-refractivity contribution < 1.29 is 9.53 Å². The molecule has 0 aliphatic carbocycles. The Morgan fingerprint density at radius 3 is 2.86 bits per heavy atom. The summed E-state index contributed by atoms with van der Waals surface area (Å²) in [5.41, 5.74) is 1.33. The third-order valence-electron chi connectivity index (χ3n) is 3.20. The number of aromatic nitrogens is 3. The van der Waals surface area contributed by atoms with Gasteiger partial charge in [-0.1, -0.05) is 11.6 Å². The molecule has 0 aliphatic rings. The maximum absolute atomic E-state index is 12.5. The molecule has 0 fully saturated rings. The van der Waals surface area contributed by atoms with E-state index in [0.29, 0.717) is 18.8 Å². The summed E-state index contributed by atoms with van der Waals surface area (Å²) < 4.78 is 6.97. The molecule has 1 unspecified atom stereocenters. The van der Waals surface area contributed by atoms with Crippen molar-refractivity contribution in [2.75, 3.05) is 18.1 Å². The molecule has 0 bridgehead atoms. The molecule has 0 radical (unpaired) electrons. The maximum atomic E-state index is 12.5. The van der Waals surface area contributed by atoms with Crippen LogP contribution in [0.25, 0.3) is 5.69 Å². The minimum atomic E-state index is -0.525. The molecule has 0 saturated carbocycles. The zero-order valence-corrected chi connectivity index (χ0v) is 13.6. The van der Waals surface area contributed by atoms with Gasteiger partial charge in [0.1, 0.15) is 11.8 Å². The lowest BCUT2D eigenvalue weighted by Crippen LogP contribution is -2.39. The minimum absolute atomic E-state index is 0.142. The van der Waals surface area contributed by atoms with Gasteiger partial charge in [-0.25, -0.2) is 4.68 Å². The Hall–Kier alpha value is -1.92. The number of carbonyl (C=O) groups excluding carboxylic acids is 1. The van der Waals surface area contributed by atoms with Gasteiger partial charge in [-0.2, -0.15) is 5.10 Å². The van der Waals surface area contributed by atoms with Crippen molar-refractivity contribution in [1.29, 1.82) is 0 Å². The Bertz CT molecular complexity index is 630. The lowest BCUT2D eigenvalue weighted by molar-refractivity contribution is -0.128. The SMILES string of the molecule is CCOC(C)C(=O)N(CC)c1cn(-c2cccnc2)nc1Cl. The van der Waals surface area contributed by atoms with Crippen LogP contribution in [0.1, 0.15) is 20.8 Å². The van der Waals surface area contributed by atoms with Gasteiger partial charge >= 0.3 is 0 Å². The molecular weight excluding hydrogens is 304 g/mol. The largest absolute Gasteiger partial charge is 0.369 e. The fraction of sp³-hybridized carbons (Fsp3) is 0.400. The molecule has 0 N–H and O–H groups in total. The lowest BCUT2D eigenvalue weighted by Gasteiger charge is -2.23. The van der Waals surface area contributed by atoms with Crippen LogP contribution in [0.2, 0.25) is 5.15 Å². The summed E-state index contributed by atoms with van der Waals surface area (Å²) in [5.74, 6) is -0.142. The minimum Gasteiger partial charge on any atom is -0.369 e. The van der Waals surface area contributed by atoms with E-state index in [4.69, 9.17) is 16.3 Å². The average molecular weight is 323 g/mol. The van der Waals surface area contributed by atoms with Gasteiger partial charge in [-0.05, 0) is 32.9 Å². The number of anilines is 1. The van der Waals surface area contributed by atoms with Crippen LogP contribution in [0.15, 0.2) is 30.7 Å². The van der Waals surface area contributed by atoms with Crippen LogP contribution in [-0.2, 0) is 9.53 Å². The maximum Gasteiger partial charge on any atom is 0.255 e. The van der Waals surface area contributed by atoms with Crippen LogP contribution in [0.3, 0.4) is 0 Å². The summed E-state index contributed by atoms with van der Waals surface area (Å²) in [4.78, 5) is 18.1. The molecule has 7 heteroatoms. The zero-order chi connectivity index (χ0) is 16.1. The van der Waals surface area contributed by atoms with E-state index in [2.05, 4.69) is 10.1 Å². The first-order chi connectivity index (χ1) is 10.6. The van der Waals surface area contributed by atoms with Crippen LogP contribution < -0.4 is 4.90 Å². The molecule has 0 spiro atoms. The number of hydrogen-bond acceptors (Lipinski definition) is 4. The Labute approximate surface area is 134 Å². The number of likely N-dealkylation sites (N-methyl/N-ethyl adjacent to an activating group) is 1. The van der Waals surface area contributed by atoms with E-state index in [1.807, 2.05) is 26.0 Å². The smallest absolute Gasteiger partial charge is 0.255 e.